The molecule has 2 rings (SSSR count). The minimum absolute atomic E-state index is 0.00184. The molecule has 2 heterocycles. The molecule has 7 heteroatoms. The van der Waals surface area contributed by atoms with Crippen molar-refractivity contribution in [3.05, 3.63) is 21.3 Å². The molecule has 0 amide bonds. The Labute approximate surface area is 110 Å². The van der Waals surface area contributed by atoms with Crippen LogP contribution in [0.3, 0.4) is 0 Å². The zero-order valence-corrected chi connectivity index (χ0v) is 11.6. The number of hydrogen-bond donors (Lipinski definition) is 2. The maximum Gasteiger partial charge on any atom is 0.150 e. The fraction of sp³-hybridized carbons (Fsp3) is 0.600. The second-order valence-electron chi connectivity index (χ2n) is 4.35. The first kappa shape index (κ1) is 13.3. The molecule has 17 heavy (non-hydrogen) atoms. The number of nitrogens with two attached hydrogens (primary N) is 1. The molecule has 96 valence electrons. The lowest BCUT2D eigenvalue weighted by Crippen LogP contribution is -2.42. The van der Waals surface area contributed by atoms with Crippen molar-refractivity contribution in [3.8, 4) is 0 Å². The zero-order valence-electron chi connectivity index (χ0n) is 9.23. The van der Waals surface area contributed by atoms with E-state index in [4.69, 9.17) is 17.4 Å². The molecule has 0 bridgehead atoms. The van der Waals surface area contributed by atoms with Crippen molar-refractivity contribution in [3.63, 3.8) is 0 Å². The van der Waals surface area contributed by atoms with E-state index in [0.717, 1.165) is 15.6 Å². The molecule has 0 saturated carbocycles. The molecular weight excluding hydrogens is 280 g/mol. The van der Waals surface area contributed by atoms with Crippen LogP contribution in [0, 0.1) is 5.92 Å². The number of nitrogens with one attached hydrogen (secondary N) is 1. The lowest BCUT2D eigenvalue weighted by molar-refractivity contribution is 0.387. The molecule has 0 aliphatic carbocycles. The topological polar surface area (TPSA) is 72.2 Å². The van der Waals surface area contributed by atoms with Crippen LogP contribution in [0.4, 0.5) is 0 Å². The average molecular weight is 295 g/mol. The summed E-state index contributed by atoms with van der Waals surface area (Å²) in [5.74, 6) is 6.14. The van der Waals surface area contributed by atoms with Gasteiger partial charge in [-0.3, -0.25) is 11.3 Å². The Bertz CT molecular complexity index is 486. The Hall–Kier alpha value is -0.140. The summed E-state index contributed by atoms with van der Waals surface area (Å²) in [4.78, 5) is 1.13. The fourth-order valence-electron chi connectivity index (χ4n) is 2.18. The lowest BCUT2D eigenvalue weighted by Gasteiger charge is -2.20. The minimum atomic E-state index is -2.86. The monoisotopic (exact) mass is 294 g/mol. The van der Waals surface area contributed by atoms with E-state index < -0.39 is 9.84 Å². The predicted octanol–water partition coefficient (Wildman–Crippen LogP) is 1.21. The van der Waals surface area contributed by atoms with Crippen molar-refractivity contribution in [2.45, 2.75) is 18.9 Å². The third kappa shape index (κ3) is 3.42. The first-order valence-corrected chi connectivity index (χ1v) is 8.42. The van der Waals surface area contributed by atoms with Gasteiger partial charge in [-0.05, 0) is 30.9 Å². The first-order chi connectivity index (χ1) is 8.00. The molecule has 1 fully saturated rings. The van der Waals surface area contributed by atoms with E-state index in [9.17, 15) is 8.42 Å². The van der Waals surface area contributed by atoms with Crippen molar-refractivity contribution in [2.75, 3.05) is 11.5 Å². The van der Waals surface area contributed by atoms with Gasteiger partial charge in [0.1, 0.15) is 0 Å². The number of sulfone groups is 1. The largest absolute Gasteiger partial charge is 0.271 e. The highest BCUT2D eigenvalue weighted by atomic mass is 35.5. The summed E-state index contributed by atoms with van der Waals surface area (Å²) >= 11 is 7.37. The summed E-state index contributed by atoms with van der Waals surface area (Å²) in [7, 11) is -2.86. The van der Waals surface area contributed by atoms with Gasteiger partial charge in [0, 0.05) is 10.9 Å². The highest BCUT2D eigenvalue weighted by Crippen LogP contribution is 2.27. The van der Waals surface area contributed by atoms with Crippen LogP contribution in [0.25, 0.3) is 0 Å². The van der Waals surface area contributed by atoms with Crippen LogP contribution in [0.2, 0.25) is 4.34 Å². The van der Waals surface area contributed by atoms with Gasteiger partial charge >= 0.3 is 0 Å². The van der Waals surface area contributed by atoms with Crippen LogP contribution in [-0.2, 0) is 16.3 Å². The molecule has 0 radical (unpaired) electrons. The van der Waals surface area contributed by atoms with Crippen LogP contribution in [-0.4, -0.2) is 26.0 Å². The van der Waals surface area contributed by atoms with E-state index in [1.165, 1.54) is 11.3 Å². The van der Waals surface area contributed by atoms with Gasteiger partial charge in [0.05, 0.1) is 15.8 Å². The smallest absolute Gasteiger partial charge is 0.150 e. The molecule has 1 aromatic rings. The van der Waals surface area contributed by atoms with Crippen molar-refractivity contribution >= 4 is 32.8 Å². The molecule has 1 aliphatic heterocycles. The van der Waals surface area contributed by atoms with E-state index in [0.29, 0.717) is 6.42 Å². The second-order valence-corrected chi connectivity index (χ2v) is 8.37. The first-order valence-electron chi connectivity index (χ1n) is 5.41. The number of halogens is 1. The average Bonchev–Trinajstić information content (AvgIpc) is 2.81. The van der Waals surface area contributed by atoms with Gasteiger partial charge < -0.3 is 0 Å². The molecule has 0 spiro atoms. The van der Waals surface area contributed by atoms with Gasteiger partial charge in [-0.15, -0.1) is 11.3 Å². The summed E-state index contributed by atoms with van der Waals surface area (Å²) < 4.78 is 23.6. The number of hydrazine groups is 1. The molecule has 1 aliphatic rings. The standard InChI is InChI=1S/C10H15ClN2O2S2/c11-10-2-1-8(16-10)5-9(13-12)7-3-4-17(14,15)6-7/h1-2,7,9,13H,3-6,12H2. The Kier molecular flexibility index (Phi) is 4.10. The van der Waals surface area contributed by atoms with Crippen molar-refractivity contribution < 1.29 is 8.42 Å². The van der Waals surface area contributed by atoms with Crippen molar-refractivity contribution in [1.29, 1.82) is 0 Å². The molecule has 4 nitrogen and oxygen atoms in total. The molecule has 1 aromatic heterocycles. The summed E-state index contributed by atoms with van der Waals surface area (Å²) in [6.07, 6.45) is 1.42. The number of thiophene rings is 1. The van der Waals surface area contributed by atoms with Crippen LogP contribution >= 0.6 is 22.9 Å². The third-order valence-electron chi connectivity index (χ3n) is 3.10. The zero-order chi connectivity index (χ0) is 12.5. The fourth-order valence-corrected chi connectivity index (χ4v) is 5.21. The van der Waals surface area contributed by atoms with Gasteiger partial charge in [0.2, 0.25) is 0 Å². The Morgan fingerprint density at radius 3 is 2.82 bits per heavy atom. The highest BCUT2D eigenvalue weighted by molar-refractivity contribution is 7.91. The number of rotatable bonds is 4. The van der Waals surface area contributed by atoms with Crippen molar-refractivity contribution in [2.24, 2.45) is 11.8 Å². The quantitative estimate of drug-likeness (QED) is 0.647. The van der Waals surface area contributed by atoms with E-state index in [1.807, 2.05) is 12.1 Å². The Morgan fingerprint density at radius 1 is 1.59 bits per heavy atom. The van der Waals surface area contributed by atoms with E-state index in [2.05, 4.69) is 5.43 Å². The van der Waals surface area contributed by atoms with Crippen LogP contribution < -0.4 is 11.3 Å². The molecule has 1 saturated heterocycles. The highest BCUT2D eigenvalue weighted by Gasteiger charge is 2.33. The molecule has 2 unspecified atom stereocenters. The molecule has 0 aromatic carbocycles. The van der Waals surface area contributed by atoms with E-state index in [-0.39, 0.29) is 23.5 Å². The van der Waals surface area contributed by atoms with Gasteiger partial charge in [0.25, 0.3) is 0 Å². The van der Waals surface area contributed by atoms with Crippen molar-refractivity contribution in [1.82, 2.24) is 5.43 Å². The maximum absolute atomic E-state index is 11.4. The van der Waals surface area contributed by atoms with Crippen LogP contribution in [0.15, 0.2) is 12.1 Å². The SMILES string of the molecule is NNC(Cc1ccc(Cl)s1)C1CCS(=O)(=O)C1. The van der Waals surface area contributed by atoms with Gasteiger partial charge in [-0.25, -0.2) is 8.42 Å². The second kappa shape index (κ2) is 5.24. The lowest BCUT2D eigenvalue weighted by atomic mass is 9.96. The number of hydrogen-bond acceptors (Lipinski definition) is 5. The van der Waals surface area contributed by atoms with Crippen LogP contribution in [0.1, 0.15) is 11.3 Å². The Morgan fingerprint density at radius 2 is 2.35 bits per heavy atom. The van der Waals surface area contributed by atoms with Crippen LogP contribution in [0.5, 0.6) is 0 Å². The normalized spacial score (nSPS) is 24.9. The van der Waals surface area contributed by atoms with Gasteiger partial charge in [0.15, 0.2) is 9.84 Å². The molecular formula is C10H15ClN2O2S2. The van der Waals surface area contributed by atoms with E-state index in [1.54, 1.807) is 0 Å². The summed E-state index contributed by atoms with van der Waals surface area (Å²) in [5.41, 5.74) is 2.74. The summed E-state index contributed by atoms with van der Waals surface area (Å²) in [6, 6.07) is 3.81. The van der Waals surface area contributed by atoms with Gasteiger partial charge in [-0.1, -0.05) is 11.6 Å². The van der Waals surface area contributed by atoms with Gasteiger partial charge in [-0.2, -0.15) is 0 Å². The Balaban J connectivity index is 2.02. The molecule has 3 N–H and O–H groups in total. The predicted molar refractivity (Wildman–Crippen MR) is 70.9 cm³/mol. The summed E-state index contributed by atoms with van der Waals surface area (Å²) in [6.45, 7) is 0. The third-order valence-corrected chi connectivity index (χ3v) is 6.15. The maximum atomic E-state index is 11.4. The molecule has 2 atom stereocenters. The summed E-state index contributed by atoms with van der Waals surface area (Å²) in [5, 5.41) is 0. The van der Waals surface area contributed by atoms with E-state index >= 15 is 0 Å². The minimum Gasteiger partial charge on any atom is -0.271 e.